The van der Waals surface area contributed by atoms with E-state index in [4.69, 9.17) is 0 Å². The fraction of sp³-hybridized carbons (Fsp3) is 0.667. The zero-order valence-corrected chi connectivity index (χ0v) is 14.1. The Labute approximate surface area is 130 Å². The first-order chi connectivity index (χ1) is 10.2. The van der Waals surface area contributed by atoms with E-state index in [1.165, 1.54) is 37.1 Å². The SMILES string of the molecule is CCN1CCCCC(CNC)C1c1ccc(N(C)C)cc1. The summed E-state index contributed by atoms with van der Waals surface area (Å²) in [7, 11) is 6.28. The molecule has 0 bridgehead atoms. The van der Waals surface area contributed by atoms with Crippen LogP contribution in [0.5, 0.6) is 0 Å². The van der Waals surface area contributed by atoms with Gasteiger partial charge in [-0.2, -0.15) is 0 Å². The minimum absolute atomic E-state index is 0.557. The maximum absolute atomic E-state index is 3.40. The predicted molar refractivity (Wildman–Crippen MR) is 92.0 cm³/mol. The third-order valence-electron chi connectivity index (χ3n) is 4.73. The second-order valence-electron chi connectivity index (χ2n) is 6.37. The fourth-order valence-electron chi connectivity index (χ4n) is 3.60. The number of likely N-dealkylation sites (tertiary alicyclic amines) is 1. The third-order valence-corrected chi connectivity index (χ3v) is 4.73. The van der Waals surface area contributed by atoms with E-state index in [0.717, 1.165) is 13.1 Å². The highest BCUT2D eigenvalue weighted by atomic mass is 15.2. The Bertz CT molecular complexity index is 413. The van der Waals surface area contributed by atoms with Crippen LogP contribution in [0.3, 0.4) is 0 Å². The van der Waals surface area contributed by atoms with Crippen LogP contribution in [0.2, 0.25) is 0 Å². The lowest BCUT2D eigenvalue weighted by Crippen LogP contribution is -2.36. The Hall–Kier alpha value is -1.06. The van der Waals surface area contributed by atoms with Gasteiger partial charge in [0.1, 0.15) is 0 Å². The van der Waals surface area contributed by atoms with E-state index < -0.39 is 0 Å². The molecule has 0 radical (unpaired) electrons. The monoisotopic (exact) mass is 289 g/mol. The van der Waals surface area contributed by atoms with Crippen molar-refractivity contribution in [2.45, 2.75) is 32.2 Å². The summed E-state index contributed by atoms with van der Waals surface area (Å²) in [6.45, 7) is 5.77. The lowest BCUT2D eigenvalue weighted by molar-refractivity contribution is 0.162. The van der Waals surface area contributed by atoms with Crippen molar-refractivity contribution in [1.82, 2.24) is 10.2 Å². The molecule has 2 unspecified atom stereocenters. The van der Waals surface area contributed by atoms with Gasteiger partial charge in [-0.25, -0.2) is 0 Å². The summed E-state index contributed by atoms with van der Waals surface area (Å²) in [5, 5.41) is 3.40. The van der Waals surface area contributed by atoms with E-state index in [0.29, 0.717) is 12.0 Å². The van der Waals surface area contributed by atoms with Crippen molar-refractivity contribution in [2.24, 2.45) is 5.92 Å². The first-order valence-corrected chi connectivity index (χ1v) is 8.33. The van der Waals surface area contributed by atoms with Gasteiger partial charge in [0.2, 0.25) is 0 Å². The Kier molecular flexibility index (Phi) is 6.07. The number of benzene rings is 1. The van der Waals surface area contributed by atoms with Gasteiger partial charge in [-0.15, -0.1) is 0 Å². The topological polar surface area (TPSA) is 18.5 Å². The molecular weight excluding hydrogens is 258 g/mol. The maximum atomic E-state index is 3.40. The summed E-state index contributed by atoms with van der Waals surface area (Å²) < 4.78 is 0. The molecular formula is C18H31N3. The first-order valence-electron chi connectivity index (χ1n) is 8.33. The maximum Gasteiger partial charge on any atom is 0.0388 e. The highest BCUT2D eigenvalue weighted by Gasteiger charge is 2.29. The van der Waals surface area contributed by atoms with Crippen LogP contribution >= 0.6 is 0 Å². The number of anilines is 1. The zero-order valence-electron chi connectivity index (χ0n) is 14.1. The van der Waals surface area contributed by atoms with Gasteiger partial charge < -0.3 is 10.2 Å². The van der Waals surface area contributed by atoms with E-state index in [9.17, 15) is 0 Å². The molecule has 1 heterocycles. The summed E-state index contributed by atoms with van der Waals surface area (Å²) in [6.07, 6.45) is 4.02. The van der Waals surface area contributed by atoms with Crippen molar-refractivity contribution in [1.29, 1.82) is 0 Å². The number of hydrogen-bond donors (Lipinski definition) is 1. The first kappa shape index (κ1) is 16.3. The average Bonchev–Trinajstić information content (AvgIpc) is 2.70. The third kappa shape index (κ3) is 3.98. The molecule has 3 nitrogen and oxygen atoms in total. The highest BCUT2D eigenvalue weighted by molar-refractivity contribution is 5.46. The lowest BCUT2D eigenvalue weighted by atomic mass is 9.89. The fourth-order valence-corrected chi connectivity index (χ4v) is 3.60. The van der Waals surface area contributed by atoms with Crippen molar-refractivity contribution >= 4 is 5.69 Å². The van der Waals surface area contributed by atoms with E-state index in [1.54, 1.807) is 0 Å². The minimum Gasteiger partial charge on any atom is -0.378 e. The van der Waals surface area contributed by atoms with Crippen LogP contribution in [0.25, 0.3) is 0 Å². The van der Waals surface area contributed by atoms with E-state index in [2.05, 4.69) is 67.4 Å². The molecule has 1 N–H and O–H groups in total. The van der Waals surface area contributed by atoms with Crippen LogP contribution in [-0.2, 0) is 0 Å². The molecule has 1 aliphatic heterocycles. The molecule has 3 heteroatoms. The predicted octanol–water partition coefficient (Wildman–Crippen LogP) is 3.14. The van der Waals surface area contributed by atoms with Crippen LogP contribution in [0.1, 0.15) is 37.8 Å². The molecule has 21 heavy (non-hydrogen) atoms. The molecule has 1 aliphatic rings. The van der Waals surface area contributed by atoms with Gasteiger partial charge in [-0.1, -0.05) is 25.5 Å². The molecule has 1 fully saturated rings. The second-order valence-corrected chi connectivity index (χ2v) is 6.37. The average molecular weight is 289 g/mol. The van der Waals surface area contributed by atoms with E-state index in [-0.39, 0.29) is 0 Å². The quantitative estimate of drug-likeness (QED) is 0.898. The Morgan fingerprint density at radius 2 is 1.90 bits per heavy atom. The molecule has 1 aromatic carbocycles. The van der Waals surface area contributed by atoms with Gasteiger partial charge in [0.05, 0.1) is 0 Å². The largest absolute Gasteiger partial charge is 0.378 e. The van der Waals surface area contributed by atoms with E-state index in [1.807, 2.05) is 0 Å². The van der Waals surface area contributed by atoms with Crippen LogP contribution in [-0.4, -0.2) is 45.7 Å². The van der Waals surface area contributed by atoms with E-state index >= 15 is 0 Å². The smallest absolute Gasteiger partial charge is 0.0388 e. The molecule has 118 valence electrons. The summed E-state index contributed by atoms with van der Waals surface area (Å²) in [6, 6.07) is 9.73. The summed E-state index contributed by atoms with van der Waals surface area (Å²) in [5.74, 6) is 0.711. The van der Waals surface area contributed by atoms with Gasteiger partial charge in [0.25, 0.3) is 0 Å². The summed E-state index contributed by atoms with van der Waals surface area (Å²) in [5.41, 5.74) is 2.75. The van der Waals surface area contributed by atoms with Gasteiger partial charge in [-0.05, 0) is 63.1 Å². The molecule has 1 aromatic rings. The molecule has 2 atom stereocenters. The number of hydrogen-bond acceptors (Lipinski definition) is 3. The Morgan fingerprint density at radius 3 is 2.48 bits per heavy atom. The van der Waals surface area contributed by atoms with Gasteiger partial charge in [0.15, 0.2) is 0 Å². The minimum atomic E-state index is 0.557. The van der Waals surface area contributed by atoms with Crippen molar-refractivity contribution in [3.63, 3.8) is 0 Å². The summed E-state index contributed by atoms with van der Waals surface area (Å²) >= 11 is 0. The van der Waals surface area contributed by atoms with Gasteiger partial charge in [-0.3, -0.25) is 4.90 Å². The molecule has 0 aliphatic carbocycles. The molecule has 0 spiro atoms. The second kappa shape index (κ2) is 7.81. The number of nitrogens with zero attached hydrogens (tertiary/aromatic N) is 2. The summed E-state index contributed by atoms with van der Waals surface area (Å²) in [4.78, 5) is 4.83. The standard InChI is InChI=1S/C18H31N3/c1-5-21-13-7-6-8-16(14-19-2)18(21)15-9-11-17(12-10-15)20(3)4/h9-12,16,18-19H,5-8,13-14H2,1-4H3. The van der Waals surface area contributed by atoms with Gasteiger partial charge >= 0.3 is 0 Å². The van der Waals surface area contributed by atoms with Crippen LogP contribution < -0.4 is 10.2 Å². The molecule has 1 saturated heterocycles. The molecule has 0 amide bonds. The van der Waals surface area contributed by atoms with Crippen molar-refractivity contribution in [2.75, 3.05) is 45.7 Å². The van der Waals surface area contributed by atoms with Crippen LogP contribution in [0.15, 0.2) is 24.3 Å². The normalized spacial score (nSPS) is 23.8. The van der Waals surface area contributed by atoms with Gasteiger partial charge in [0, 0.05) is 25.8 Å². The Balaban J connectivity index is 2.27. The molecule has 2 rings (SSSR count). The number of rotatable bonds is 5. The zero-order chi connectivity index (χ0) is 15.2. The van der Waals surface area contributed by atoms with Crippen molar-refractivity contribution in [3.05, 3.63) is 29.8 Å². The highest BCUT2D eigenvalue weighted by Crippen LogP contribution is 2.35. The number of nitrogens with one attached hydrogen (secondary N) is 1. The van der Waals surface area contributed by atoms with Crippen molar-refractivity contribution < 1.29 is 0 Å². The van der Waals surface area contributed by atoms with Crippen molar-refractivity contribution in [3.8, 4) is 0 Å². The molecule has 0 aromatic heterocycles. The molecule has 0 saturated carbocycles. The lowest BCUT2D eigenvalue weighted by Gasteiger charge is -2.35. The Morgan fingerprint density at radius 1 is 1.19 bits per heavy atom. The van der Waals surface area contributed by atoms with Crippen LogP contribution in [0, 0.1) is 5.92 Å². The van der Waals surface area contributed by atoms with Crippen LogP contribution in [0.4, 0.5) is 5.69 Å².